The van der Waals surface area contributed by atoms with Gasteiger partial charge in [0.1, 0.15) is 17.7 Å². The summed E-state index contributed by atoms with van der Waals surface area (Å²) in [6.07, 6.45) is -3.47. The fourth-order valence-corrected chi connectivity index (χ4v) is 5.01. The predicted molar refractivity (Wildman–Crippen MR) is 108 cm³/mol. The molecule has 0 bridgehead atoms. The molecule has 0 aromatic carbocycles. The van der Waals surface area contributed by atoms with Crippen LogP contribution in [0.15, 0.2) is 6.33 Å². The summed E-state index contributed by atoms with van der Waals surface area (Å²) in [7, 11) is -4.05. The minimum atomic E-state index is -4.05. The maximum atomic E-state index is 15.3. The average molecular weight is 494 g/mol. The molecule has 2 aliphatic heterocycles. The minimum absolute atomic E-state index is 0.0408. The van der Waals surface area contributed by atoms with Crippen molar-refractivity contribution < 1.29 is 36.8 Å². The quantitative estimate of drug-likeness (QED) is 0.344. The number of phosphoric acid groups is 1. The third-order valence-corrected chi connectivity index (χ3v) is 6.73. The Morgan fingerprint density at radius 3 is 3.03 bits per heavy atom. The van der Waals surface area contributed by atoms with Gasteiger partial charge in [-0.1, -0.05) is 6.92 Å². The van der Waals surface area contributed by atoms with Gasteiger partial charge in [0, 0.05) is 0 Å². The van der Waals surface area contributed by atoms with E-state index >= 15 is 4.39 Å². The van der Waals surface area contributed by atoms with Gasteiger partial charge in [-0.15, -0.1) is 0 Å². The number of alkyl halides is 1. The van der Waals surface area contributed by atoms with Gasteiger partial charge in [-0.2, -0.15) is 9.97 Å². The summed E-state index contributed by atoms with van der Waals surface area (Å²) in [5, 5.41) is -0.128. The van der Waals surface area contributed by atoms with E-state index in [1.807, 2.05) is 0 Å². The van der Waals surface area contributed by atoms with Crippen LogP contribution in [-0.2, 0) is 32.4 Å². The van der Waals surface area contributed by atoms with E-state index in [-0.39, 0.29) is 48.5 Å². The smallest absolute Gasteiger partial charge is 0.466 e. The number of anilines is 1. The van der Waals surface area contributed by atoms with Crippen LogP contribution in [-0.4, -0.2) is 63.7 Å². The van der Waals surface area contributed by atoms with Gasteiger partial charge in [0.25, 0.3) is 0 Å². The number of hydrogen-bond donors (Lipinski definition) is 1. The lowest BCUT2D eigenvalue weighted by atomic mass is 10.1. The second-order valence-electron chi connectivity index (χ2n) is 7.30. The van der Waals surface area contributed by atoms with Crippen molar-refractivity contribution in [3.63, 3.8) is 0 Å². The number of nitrogen functional groups attached to an aromatic ring is 1. The van der Waals surface area contributed by atoms with Crippen molar-refractivity contribution in [1.82, 2.24) is 19.5 Å². The van der Waals surface area contributed by atoms with Crippen molar-refractivity contribution in [3.8, 4) is 0 Å². The second kappa shape index (κ2) is 9.16. The number of fused-ring (bicyclic) bond motifs is 2. The molecule has 2 N–H and O–H groups in total. The van der Waals surface area contributed by atoms with Gasteiger partial charge in [0.2, 0.25) is 5.28 Å². The molecule has 12 nitrogen and oxygen atoms in total. The lowest BCUT2D eigenvalue weighted by Crippen LogP contribution is -2.38. The van der Waals surface area contributed by atoms with Gasteiger partial charge < -0.3 is 15.2 Å². The van der Waals surface area contributed by atoms with Crippen LogP contribution in [0, 0.1) is 5.92 Å². The van der Waals surface area contributed by atoms with Crippen molar-refractivity contribution in [2.45, 2.75) is 44.9 Å². The van der Waals surface area contributed by atoms with Crippen molar-refractivity contribution in [1.29, 1.82) is 0 Å². The molecule has 2 fully saturated rings. The maximum absolute atomic E-state index is 15.3. The van der Waals surface area contributed by atoms with Gasteiger partial charge in [-0.05, 0) is 24.9 Å². The molecule has 32 heavy (non-hydrogen) atoms. The summed E-state index contributed by atoms with van der Waals surface area (Å²) < 4.78 is 55.9. The van der Waals surface area contributed by atoms with E-state index in [1.165, 1.54) is 10.9 Å². The highest BCUT2D eigenvalue weighted by Gasteiger charge is 2.54. The molecular formula is C17H22ClFN5O7P. The van der Waals surface area contributed by atoms with E-state index in [0.717, 1.165) is 0 Å². The molecular weight excluding hydrogens is 472 g/mol. The van der Waals surface area contributed by atoms with Crippen molar-refractivity contribution >= 4 is 42.4 Å². The monoisotopic (exact) mass is 493 g/mol. The number of esters is 1. The van der Waals surface area contributed by atoms with Crippen LogP contribution in [0.5, 0.6) is 0 Å². The Hall–Kier alpha value is -1.89. The normalized spacial score (nSPS) is 30.9. The van der Waals surface area contributed by atoms with Crippen LogP contribution in [0.4, 0.5) is 10.2 Å². The maximum Gasteiger partial charge on any atom is 0.475 e. The molecule has 0 spiro atoms. The summed E-state index contributed by atoms with van der Waals surface area (Å²) in [5.74, 6) is -0.824. The first kappa shape index (κ1) is 23.3. The number of hydrogen-bond acceptors (Lipinski definition) is 11. The highest BCUT2D eigenvalue weighted by atomic mass is 35.5. The summed E-state index contributed by atoms with van der Waals surface area (Å²) in [5.41, 5.74) is 6.21. The van der Waals surface area contributed by atoms with E-state index in [4.69, 9.17) is 40.4 Å². The number of phosphoric ester groups is 1. The Kier molecular flexibility index (Phi) is 6.66. The molecule has 2 aliphatic rings. The van der Waals surface area contributed by atoms with E-state index < -0.39 is 44.3 Å². The topological polar surface area (TPSA) is 150 Å². The van der Waals surface area contributed by atoms with Crippen LogP contribution in [0.25, 0.3) is 11.2 Å². The molecule has 6 atom stereocenters. The first-order valence-electron chi connectivity index (χ1n) is 9.91. The fourth-order valence-electron chi connectivity index (χ4n) is 3.43. The fraction of sp³-hybridized carbons (Fsp3) is 0.647. The first-order valence-corrected chi connectivity index (χ1v) is 11.8. The van der Waals surface area contributed by atoms with E-state index in [2.05, 4.69) is 15.0 Å². The first-order chi connectivity index (χ1) is 15.2. The summed E-state index contributed by atoms with van der Waals surface area (Å²) in [4.78, 5) is 23.6. The third kappa shape index (κ3) is 4.45. The Bertz CT molecular complexity index is 1060. The minimum Gasteiger partial charge on any atom is -0.466 e. The van der Waals surface area contributed by atoms with Crippen LogP contribution in [0.3, 0.4) is 0 Å². The molecule has 2 aromatic heterocycles. The molecule has 4 rings (SSSR count). The second-order valence-corrected chi connectivity index (χ2v) is 9.26. The van der Waals surface area contributed by atoms with Gasteiger partial charge in [0.05, 0.1) is 32.1 Å². The molecule has 0 saturated carbocycles. The Balaban J connectivity index is 1.43. The molecule has 0 amide bonds. The molecule has 0 aliphatic carbocycles. The van der Waals surface area contributed by atoms with Crippen LogP contribution < -0.4 is 5.73 Å². The average Bonchev–Trinajstić information content (AvgIpc) is 3.29. The predicted octanol–water partition coefficient (Wildman–Crippen LogP) is 2.43. The number of halogens is 2. The number of nitrogens with zero attached hydrogens (tertiary/aromatic N) is 4. The molecule has 2 saturated heterocycles. The van der Waals surface area contributed by atoms with Crippen molar-refractivity contribution in [2.24, 2.45) is 5.92 Å². The molecule has 2 aromatic rings. The van der Waals surface area contributed by atoms with Gasteiger partial charge >= 0.3 is 13.8 Å². The van der Waals surface area contributed by atoms with Crippen LogP contribution in [0.1, 0.15) is 26.5 Å². The number of ether oxygens (including phenoxy) is 2. The van der Waals surface area contributed by atoms with Crippen LogP contribution in [0.2, 0.25) is 5.28 Å². The Labute approximate surface area is 187 Å². The van der Waals surface area contributed by atoms with Gasteiger partial charge in [0.15, 0.2) is 23.9 Å². The third-order valence-electron chi connectivity index (χ3n) is 5.10. The Morgan fingerprint density at radius 2 is 2.28 bits per heavy atom. The van der Waals surface area contributed by atoms with Crippen molar-refractivity contribution in [3.05, 3.63) is 11.6 Å². The molecule has 15 heteroatoms. The van der Waals surface area contributed by atoms with E-state index in [0.29, 0.717) is 0 Å². The van der Waals surface area contributed by atoms with E-state index in [1.54, 1.807) is 13.8 Å². The lowest BCUT2D eigenvalue weighted by molar-refractivity contribution is -0.147. The summed E-state index contributed by atoms with van der Waals surface area (Å²) >= 11 is 5.86. The zero-order chi connectivity index (χ0) is 23.0. The number of aromatic nitrogens is 4. The summed E-state index contributed by atoms with van der Waals surface area (Å²) in [6.45, 7) is 3.30. The SMILES string of the molecule is CCOC(=O)[C@@H](C)CCO[P@@]1(=O)OC[C@H]2O[C@@H](n3cnc4c(N)nc(Cl)nc43)[C@@H](F)[C@@H]2O1. The lowest BCUT2D eigenvalue weighted by Gasteiger charge is -2.30. The highest BCUT2D eigenvalue weighted by Crippen LogP contribution is 2.57. The van der Waals surface area contributed by atoms with Crippen LogP contribution >= 0.6 is 19.4 Å². The summed E-state index contributed by atoms with van der Waals surface area (Å²) in [6, 6.07) is 0. The zero-order valence-electron chi connectivity index (χ0n) is 17.2. The van der Waals surface area contributed by atoms with Gasteiger partial charge in [-0.25, -0.2) is 13.9 Å². The van der Waals surface area contributed by atoms with Crippen molar-refractivity contribution in [2.75, 3.05) is 25.6 Å². The molecule has 0 radical (unpaired) electrons. The molecule has 0 unspecified atom stereocenters. The highest BCUT2D eigenvalue weighted by molar-refractivity contribution is 7.48. The molecule has 176 valence electrons. The number of nitrogens with two attached hydrogens (primary N) is 1. The molecule has 4 heterocycles. The number of carbonyl (C=O) groups is 1. The zero-order valence-corrected chi connectivity index (χ0v) is 18.9. The Morgan fingerprint density at radius 1 is 1.50 bits per heavy atom. The standard InChI is InChI=1S/C17H22ClFN5O7P/c1-3-27-16(25)8(2)4-5-28-32(26)29-6-9-12(31-32)10(19)15(30-9)24-7-21-11-13(20)22-17(18)23-14(11)24/h7-10,12,15H,3-6H2,1-2H3,(H2,20,22,23)/t8-,9+,10-,12+,15+,32-/m0/s1. The van der Waals surface area contributed by atoms with E-state index in [9.17, 15) is 9.36 Å². The van der Waals surface area contributed by atoms with Gasteiger partial charge in [-0.3, -0.25) is 22.9 Å². The number of imidazole rings is 1. The number of rotatable bonds is 7. The largest absolute Gasteiger partial charge is 0.475 e. The number of carbonyl (C=O) groups excluding carboxylic acids is 1.